The molecule has 0 spiro atoms. The molecule has 0 saturated heterocycles. The van der Waals surface area contributed by atoms with Crippen molar-refractivity contribution >= 4 is 0 Å². The SMILES string of the molecule is CCCC(OC)OCCn1cc(-c2ccc(CNC(C)C)cc2)nn1. The standard InChI is InChI=1S/C19H30N4O2/c1-5-6-19(24-4)25-12-11-23-14-18(21-22-23)17-9-7-16(8-10-17)13-20-15(2)3/h7-10,14-15,19-20H,5-6,11-13H2,1-4H3. The van der Waals surface area contributed by atoms with Gasteiger partial charge in [-0.05, 0) is 12.0 Å². The number of nitrogens with zero attached hydrogens (tertiary/aromatic N) is 3. The van der Waals surface area contributed by atoms with Crippen molar-refractivity contribution in [3.63, 3.8) is 0 Å². The third-order valence-electron chi connectivity index (χ3n) is 3.91. The summed E-state index contributed by atoms with van der Waals surface area (Å²) in [5, 5.41) is 11.8. The van der Waals surface area contributed by atoms with E-state index in [4.69, 9.17) is 9.47 Å². The van der Waals surface area contributed by atoms with Crippen LogP contribution in [0.1, 0.15) is 39.2 Å². The van der Waals surface area contributed by atoms with E-state index >= 15 is 0 Å². The van der Waals surface area contributed by atoms with Gasteiger partial charge >= 0.3 is 0 Å². The Morgan fingerprint density at radius 1 is 1.20 bits per heavy atom. The summed E-state index contributed by atoms with van der Waals surface area (Å²) in [6.45, 7) is 8.50. The summed E-state index contributed by atoms with van der Waals surface area (Å²) in [6.07, 6.45) is 3.75. The van der Waals surface area contributed by atoms with E-state index in [1.165, 1.54) is 5.56 Å². The monoisotopic (exact) mass is 346 g/mol. The molecule has 1 atom stereocenters. The second-order valence-electron chi connectivity index (χ2n) is 6.42. The summed E-state index contributed by atoms with van der Waals surface area (Å²) >= 11 is 0. The Labute approximate surface area is 150 Å². The molecule has 0 amide bonds. The summed E-state index contributed by atoms with van der Waals surface area (Å²) in [7, 11) is 1.67. The van der Waals surface area contributed by atoms with Crippen molar-refractivity contribution in [2.75, 3.05) is 13.7 Å². The molecule has 0 radical (unpaired) electrons. The van der Waals surface area contributed by atoms with Crippen LogP contribution < -0.4 is 5.32 Å². The zero-order valence-electron chi connectivity index (χ0n) is 15.7. The first-order valence-corrected chi connectivity index (χ1v) is 8.99. The number of benzene rings is 1. The summed E-state index contributed by atoms with van der Waals surface area (Å²) in [5.41, 5.74) is 3.21. The van der Waals surface area contributed by atoms with E-state index in [2.05, 4.69) is 60.7 Å². The molecule has 6 nitrogen and oxygen atoms in total. The van der Waals surface area contributed by atoms with E-state index < -0.39 is 0 Å². The zero-order valence-corrected chi connectivity index (χ0v) is 15.7. The van der Waals surface area contributed by atoms with Gasteiger partial charge in [0.2, 0.25) is 0 Å². The quantitative estimate of drug-likeness (QED) is 0.633. The second-order valence-corrected chi connectivity index (χ2v) is 6.42. The number of hydrogen-bond acceptors (Lipinski definition) is 5. The Hall–Kier alpha value is -1.76. The zero-order chi connectivity index (χ0) is 18.1. The number of methoxy groups -OCH3 is 1. The van der Waals surface area contributed by atoms with Crippen LogP contribution in [0.4, 0.5) is 0 Å². The molecule has 0 bridgehead atoms. The van der Waals surface area contributed by atoms with Gasteiger partial charge in [-0.15, -0.1) is 5.10 Å². The van der Waals surface area contributed by atoms with Crippen LogP contribution in [-0.2, 0) is 22.6 Å². The lowest BCUT2D eigenvalue weighted by molar-refractivity contribution is -0.129. The maximum atomic E-state index is 5.69. The smallest absolute Gasteiger partial charge is 0.157 e. The van der Waals surface area contributed by atoms with E-state index in [1.54, 1.807) is 7.11 Å². The lowest BCUT2D eigenvalue weighted by atomic mass is 10.1. The van der Waals surface area contributed by atoms with E-state index in [1.807, 2.05) is 10.9 Å². The number of ether oxygens (including phenoxy) is 2. The summed E-state index contributed by atoms with van der Waals surface area (Å²) < 4.78 is 12.8. The average Bonchev–Trinajstić information content (AvgIpc) is 3.08. The molecule has 1 aromatic heterocycles. The molecule has 0 aliphatic heterocycles. The fraction of sp³-hybridized carbons (Fsp3) is 0.579. The predicted octanol–water partition coefficient (Wildman–Crippen LogP) is 3.23. The van der Waals surface area contributed by atoms with E-state index in [0.717, 1.165) is 30.6 Å². The summed E-state index contributed by atoms with van der Waals surface area (Å²) in [6, 6.07) is 8.91. The molecule has 1 unspecified atom stereocenters. The minimum atomic E-state index is -0.139. The fourth-order valence-corrected chi connectivity index (χ4v) is 2.44. The van der Waals surface area contributed by atoms with Gasteiger partial charge in [0.25, 0.3) is 0 Å². The summed E-state index contributed by atoms with van der Waals surface area (Å²) in [5.74, 6) is 0. The first-order chi connectivity index (χ1) is 12.1. The molecule has 1 heterocycles. The van der Waals surface area contributed by atoms with Crippen molar-refractivity contribution in [1.82, 2.24) is 20.3 Å². The maximum absolute atomic E-state index is 5.69. The normalized spacial score (nSPS) is 12.7. The molecular formula is C19H30N4O2. The maximum Gasteiger partial charge on any atom is 0.157 e. The molecule has 138 valence electrons. The molecule has 2 aromatic rings. The highest BCUT2D eigenvalue weighted by Gasteiger charge is 2.07. The van der Waals surface area contributed by atoms with Crippen molar-refractivity contribution in [2.45, 2.75) is 59.0 Å². The molecule has 6 heteroatoms. The highest BCUT2D eigenvalue weighted by atomic mass is 16.7. The largest absolute Gasteiger partial charge is 0.356 e. The third-order valence-corrected chi connectivity index (χ3v) is 3.91. The molecule has 1 aromatic carbocycles. The van der Waals surface area contributed by atoms with Gasteiger partial charge in [0.05, 0.1) is 19.3 Å². The van der Waals surface area contributed by atoms with Crippen molar-refractivity contribution in [3.05, 3.63) is 36.0 Å². The van der Waals surface area contributed by atoms with Crippen LogP contribution in [0.2, 0.25) is 0 Å². The minimum absolute atomic E-state index is 0.139. The van der Waals surface area contributed by atoms with Gasteiger partial charge in [-0.2, -0.15) is 0 Å². The molecule has 0 aliphatic carbocycles. The molecule has 2 rings (SSSR count). The number of hydrogen-bond donors (Lipinski definition) is 1. The van der Waals surface area contributed by atoms with Crippen LogP contribution in [0.15, 0.2) is 30.5 Å². The number of rotatable bonds is 11. The van der Waals surface area contributed by atoms with E-state index in [9.17, 15) is 0 Å². The third kappa shape index (κ3) is 6.57. The van der Waals surface area contributed by atoms with Gasteiger partial charge in [0.1, 0.15) is 5.69 Å². The highest BCUT2D eigenvalue weighted by Crippen LogP contribution is 2.17. The molecule has 0 fully saturated rings. The van der Waals surface area contributed by atoms with Gasteiger partial charge in [0, 0.05) is 25.3 Å². The van der Waals surface area contributed by atoms with Crippen LogP contribution in [0.25, 0.3) is 11.3 Å². The van der Waals surface area contributed by atoms with Crippen molar-refractivity contribution < 1.29 is 9.47 Å². The van der Waals surface area contributed by atoms with Crippen molar-refractivity contribution in [1.29, 1.82) is 0 Å². The van der Waals surface area contributed by atoms with Gasteiger partial charge in [-0.3, -0.25) is 0 Å². The van der Waals surface area contributed by atoms with E-state index in [0.29, 0.717) is 19.2 Å². The van der Waals surface area contributed by atoms with Gasteiger partial charge in [-0.1, -0.05) is 56.7 Å². The first kappa shape index (κ1) is 19.6. The Bertz CT molecular complexity index is 610. The van der Waals surface area contributed by atoms with Crippen LogP contribution >= 0.6 is 0 Å². The predicted molar refractivity (Wildman–Crippen MR) is 99.1 cm³/mol. The van der Waals surface area contributed by atoms with Crippen molar-refractivity contribution in [3.8, 4) is 11.3 Å². The second kappa shape index (κ2) is 10.3. The molecule has 0 saturated carbocycles. The highest BCUT2D eigenvalue weighted by molar-refractivity contribution is 5.57. The lowest BCUT2D eigenvalue weighted by Gasteiger charge is -2.14. The first-order valence-electron chi connectivity index (χ1n) is 8.99. The van der Waals surface area contributed by atoms with Gasteiger partial charge < -0.3 is 14.8 Å². The van der Waals surface area contributed by atoms with Crippen LogP contribution in [0, 0.1) is 0 Å². The van der Waals surface area contributed by atoms with Crippen LogP contribution in [0.5, 0.6) is 0 Å². The van der Waals surface area contributed by atoms with Gasteiger partial charge in [0.15, 0.2) is 6.29 Å². The fourth-order valence-electron chi connectivity index (χ4n) is 2.44. The van der Waals surface area contributed by atoms with Gasteiger partial charge in [-0.25, -0.2) is 4.68 Å². The molecule has 1 N–H and O–H groups in total. The number of aromatic nitrogens is 3. The molecule has 0 aliphatic rings. The van der Waals surface area contributed by atoms with Crippen LogP contribution in [-0.4, -0.2) is 41.0 Å². The topological polar surface area (TPSA) is 61.2 Å². The number of nitrogens with one attached hydrogen (secondary N) is 1. The Morgan fingerprint density at radius 3 is 2.60 bits per heavy atom. The minimum Gasteiger partial charge on any atom is -0.356 e. The average molecular weight is 346 g/mol. The Morgan fingerprint density at radius 2 is 1.96 bits per heavy atom. The summed E-state index contributed by atoms with van der Waals surface area (Å²) in [4.78, 5) is 0. The van der Waals surface area contributed by atoms with Crippen molar-refractivity contribution in [2.24, 2.45) is 0 Å². The lowest BCUT2D eigenvalue weighted by Crippen LogP contribution is -2.21. The Balaban J connectivity index is 1.85. The van der Waals surface area contributed by atoms with Crippen LogP contribution in [0.3, 0.4) is 0 Å². The Kier molecular flexibility index (Phi) is 8.04. The molecular weight excluding hydrogens is 316 g/mol. The van der Waals surface area contributed by atoms with E-state index in [-0.39, 0.29) is 6.29 Å². The molecule has 25 heavy (non-hydrogen) atoms.